The zero-order valence-electron chi connectivity index (χ0n) is 11.4. The van der Waals surface area contributed by atoms with Gasteiger partial charge in [-0.1, -0.05) is 19.8 Å². The van der Waals surface area contributed by atoms with Crippen LogP contribution in [0.25, 0.3) is 0 Å². The number of ether oxygens (including phenoxy) is 1. The molecule has 0 saturated carbocycles. The number of unbranched alkanes of at least 4 members (excludes halogenated alkanes) is 1. The molecule has 0 aromatic heterocycles. The van der Waals surface area contributed by atoms with Crippen LogP contribution in [0.2, 0.25) is 0 Å². The first-order valence-corrected chi connectivity index (χ1v) is 6.27. The molecule has 0 spiro atoms. The summed E-state index contributed by atoms with van der Waals surface area (Å²) in [6.45, 7) is 4.29. The summed E-state index contributed by atoms with van der Waals surface area (Å²) in [4.78, 5) is 23.8. The first kappa shape index (κ1) is 16.7. The zero-order valence-corrected chi connectivity index (χ0v) is 11.4. The maximum absolute atomic E-state index is 11.9. The van der Waals surface area contributed by atoms with Crippen molar-refractivity contribution in [3.8, 4) is 0 Å². The molecule has 6 heteroatoms. The molecule has 0 fully saturated rings. The van der Waals surface area contributed by atoms with Crippen molar-refractivity contribution in [3.63, 3.8) is 0 Å². The smallest absolute Gasteiger partial charge is 0.323 e. The number of carboxylic acid groups (broad SMARTS) is 1. The maximum atomic E-state index is 11.9. The second-order valence-corrected chi connectivity index (χ2v) is 4.30. The molecule has 0 radical (unpaired) electrons. The second-order valence-electron chi connectivity index (χ2n) is 4.30. The molecule has 0 rings (SSSR count). The van der Waals surface area contributed by atoms with Gasteiger partial charge in [0.2, 0.25) is 0 Å². The summed E-state index contributed by atoms with van der Waals surface area (Å²) in [6, 6.07) is -0.297. The molecule has 0 aromatic carbocycles. The molecule has 2 N–H and O–H groups in total. The Morgan fingerprint density at radius 3 is 2.61 bits per heavy atom. The Labute approximate surface area is 108 Å². The van der Waals surface area contributed by atoms with Crippen LogP contribution in [0.3, 0.4) is 0 Å². The van der Waals surface area contributed by atoms with Gasteiger partial charge in [-0.3, -0.25) is 4.79 Å². The van der Waals surface area contributed by atoms with E-state index in [1.165, 1.54) is 12.0 Å². The van der Waals surface area contributed by atoms with Crippen molar-refractivity contribution in [2.45, 2.75) is 39.2 Å². The van der Waals surface area contributed by atoms with Gasteiger partial charge in [-0.05, 0) is 13.3 Å². The van der Waals surface area contributed by atoms with Crippen molar-refractivity contribution >= 4 is 12.0 Å². The lowest BCUT2D eigenvalue weighted by Crippen LogP contribution is -2.47. The van der Waals surface area contributed by atoms with Gasteiger partial charge in [0.15, 0.2) is 0 Å². The lowest BCUT2D eigenvalue weighted by molar-refractivity contribution is -0.137. The standard InChI is InChI=1S/C12H24N2O4/c1-4-5-6-10(2)13-12(17)14(7-8-18-3)9-11(15)16/h10H,4-9H2,1-3H3,(H,13,17)(H,15,16). The molecule has 0 heterocycles. The number of hydrogen-bond donors (Lipinski definition) is 2. The van der Waals surface area contributed by atoms with Crippen LogP contribution in [0, 0.1) is 0 Å². The lowest BCUT2D eigenvalue weighted by Gasteiger charge is -2.23. The molecule has 0 saturated heterocycles. The second kappa shape index (κ2) is 9.70. The summed E-state index contributed by atoms with van der Waals surface area (Å²) in [5.74, 6) is -1.03. The van der Waals surface area contributed by atoms with Gasteiger partial charge >= 0.3 is 12.0 Å². The highest BCUT2D eigenvalue weighted by molar-refractivity contribution is 5.80. The molecular formula is C12H24N2O4. The van der Waals surface area contributed by atoms with E-state index in [0.717, 1.165) is 19.3 Å². The molecule has 0 bridgehead atoms. The van der Waals surface area contributed by atoms with Gasteiger partial charge in [-0.15, -0.1) is 0 Å². The third-order valence-electron chi connectivity index (χ3n) is 2.54. The van der Waals surface area contributed by atoms with E-state index in [1.54, 1.807) is 0 Å². The highest BCUT2D eigenvalue weighted by Crippen LogP contribution is 2.01. The Bertz CT molecular complexity index is 258. The minimum Gasteiger partial charge on any atom is -0.480 e. The number of aliphatic carboxylic acids is 1. The first-order chi connectivity index (χ1) is 8.51. The summed E-state index contributed by atoms with van der Waals surface area (Å²) in [7, 11) is 1.51. The fourth-order valence-electron chi connectivity index (χ4n) is 1.50. The molecule has 0 aliphatic rings. The van der Waals surface area contributed by atoms with Crippen LogP contribution in [0.4, 0.5) is 4.79 Å². The van der Waals surface area contributed by atoms with Crippen molar-refractivity contribution in [1.82, 2.24) is 10.2 Å². The average molecular weight is 260 g/mol. The van der Waals surface area contributed by atoms with Gasteiger partial charge in [0.05, 0.1) is 6.61 Å². The molecule has 2 amide bonds. The molecule has 0 aliphatic heterocycles. The van der Waals surface area contributed by atoms with Gasteiger partial charge in [0.25, 0.3) is 0 Å². The van der Waals surface area contributed by atoms with E-state index >= 15 is 0 Å². The number of carbonyl (C=O) groups is 2. The van der Waals surface area contributed by atoms with Crippen LogP contribution in [-0.2, 0) is 9.53 Å². The van der Waals surface area contributed by atoms with E-state index in [-0.39, 0.29) is 25.2 Å². The SMILES string of the molecule is CCCCC(C)NC(=O)N(CCOC)CC(=O)O. The molecule has 1 atom stereocenters. The van der Waals surface area contributed by atoms with Crippen molar-refractivity contribution < 1.29 is 19.4 Å². The monoisotopic (exact) mass is 260 g/mol. The molecular weight excluding hydrogens is 236 g/mol. The quantitative estimate of drug-likeness (QED) is 0.655. The number of amides is 2. The maximum Gasteiger partial charge on any atom is 0.323 e. The van der Waals surface area contributed by atoms with E-state index in [2.05, 4.69) is 12.2 Å². The Morgan fingerprint density at radius 2 is 2.11 bits per heavy atom. The van der Waals surface area contributed by atoms with E-state index in [1.807, 2.05) is 6.92 Å². The largest absolute Gasteiger partial charge is 0.480 e. The predicted molar refractivity (Wildman–Crippen MR) is 68.6 cm³/mol. The molecule has 0 aliphatic carbocycles. The Morgan fingerprint density at radius 1 is 1.44 bits per heavy atom. The van der Waals surface area contributed by atoms with Gasteiger partial charge in [0, 0.05) is 19.7 Å². The highest BCUT2D eigenvalue weighted by atomic mass is 16.5. The zero-order chi connectivity index (χ0) is 14.0. The van der Waals surface area contributed by atoms with Crippen LogP contribution >= 0.6 is 0 Å². The van der Waals surface area contributed by atoms with Crippen LogP contribution in [0.5, 0.6) is 0 Å². The molecule has 18 heavy (non-hydrogen) atoms. The topological polar surface area (TPSA) is 78.9 Å². The van der Waals surface area contributed by atoms with E-state index in [4.69, 9.17) is 9.84 Å². The van der Waals surface area contributed by atoms with Crippen molar-refractivity contribution in [2.75, 3.05) is 26.8 Å². The van der Waals surface area contributed by atoms with Crippen molar-refractivity contribution in [1.29, 1.82) is 0 Å². The predicted octanol–water partition coefficient (Wildman–Crippen LogP) is 1.31. The van der Waals surface area contributed by atoms with Crippen LogP contribution < -0.4 is 5.32 Å². The Balaban J connectivity index is 4.22. The molecule has 6 nitrogen and oxygen atoms in total. The summed E-state index contributed by atoms with van der Waals surface area (Å²) in [5, 5.41) is 11.5. The van der Waals surface area contributed by atoms with E-state index < -0.39 is 5.97 Å². The van der Waals surface area contributed by atoms with Gasteiger partial charge in [-0.2, -0.15) is 0 Å². The van der Waals surface area contributed by atoms with E-state index in [9.17, 15) is 9.59 Å². The molecule has 1 unspecified atom stereocenters. The highest BCUT2D eigenvalue weighted by Gasteiger charge is 2.17. The molecule has 106 valence electrons. The number of nitrogens with zero attached hydrogens (tertiary/aromatic N) is 1. The van der Waals surface area contributed by atoms with Gasteiger partial charge in [-0.25, -0.2) is 4.79 Å². The van der Waals surface area contributed by atoms with E-state index in [0.29, 0.717) is 6.61 Å². The average Bonchev–Trinajstić information content (AvgIpc) is 2.31. The summed E-state index contributed by atoms with van der Waals surface area (Å²) in [6.07, 6.45) is 3.01. The van der Waals surface area contributed by atoms with Crippen molar-refractivity contribution in [2.24, 2.45) is 0 Å². The minimum atomic E-state index is -1.03. The van der Waals surface area contributed by atoms with Crippen LogP contribution in [-0.4, -0.2) is 54.9 Å². The Kier molecular flexibility index (Phi) is 9.00. The van der Waals surface area contributed by atoms with Gasteiger partial charge in [0.1, 0.15) is 6.54 Å². The van der Waals surface area contributed by atoms with Gasteiger partial charge < -0.3 is 20.1 Å². The normalized spacial score (nSPS) is 11.9. The number of hydrogen-bond acceptors (Lipinski definition) is 3. The Hall–Kier alpha value is -1.30. The number of methoxy groups -OCH3 is 1. The third-order valence-corrected chi connectivity index (χ3v) is 2.54. The van der Waals surface area contributed by atoms with Crippen LogP contribution in [0.15, 0.2) is 0 Å². The number of rotatable bonds is 9. The first-order valence-electron chi connectivity index (χ1n) is 6.27. The fourth-order valence-corrected chi connectivity index (χ4v) is 1.50. The minimum absolute atomic E-state index is 0.0521. The lowest BCUT2D eigenvalue weighted by atomic mass is 10.1. The number of urea groups is 1. The third kappa shape index (κ3) is 7.89. The number of carbonyl (C=O) groups excluding carboxylic acids is 1. The van der Waals surface area contributed by atoms with Crippen LogP contribution in [0.1, 0.15) is 33.1 Å². The summed E-state index contributed by atoms with van der Waals surface area (Å²) in [5.41, 5.74) is 0. The van der Waals surface area contributed by atoms with Crippen molar-refractivity contribution in [3.05, 3.63) is 0 Å². The summed E-state index contributed by atoms with van der Waals surface area (Å²) >= 11 is 0. The number of nitrogens with one attached hydrogen (secondary N) is 1. The number of carboxylic acids is 1. The molecule has 0 aromatic rings. The summed E-state index contributed by atoms with van der Waals surface area (Å²) < 4.78 is 4.86. The fraction of sp³-hybridized carbons (Fsp3) is 0.833.